The van der Waals surface area contributed by atoms with Crippen LogP contribution in [0.4, 0.5) is 0 Å². The molecule has 0 aliphatic carbocycles. The molecule has 0 N–H and O–H groups in total. The van der Waals surface area contributed by atoms with Crippen LogP contribution in [-0.4, -0.2) is 30.4 Å². The number of rotatable bonds is 5. The maximum absolute atomic E-state index is 13.0. The van der Waals surface area contributed by atoms with Crippen LogP contribution in [-0.2, 0) is 16.1 Å². The number of nitrogens with zero attached hydrogens (tertiary/aromatic N) is 1. The van der Waals surface area contributed by atoms with Crippen LogP contribution in [0.5, 0.6) is 0 Å². The first-order valence-electron chi connectivity index (χ1n) is 9.49. The Hall–Kier alpha value is -3.66. The molecule has 0 heterocycles. The molecular formula is C25H21NO3. The number of hydrogen-bond acceptors (Lipinski definition) is 3. The number of fused-ring (bicyclic) bond motifs is 2. The average molecular weight is 383 g/mol. The number of hydrogen-bond donors (Lipinski definition) is 0. The monoisotopic (exact) mass is 383 g/mol. The lowest BCUT2D eigenvalue weighted by Crippen LogP contribution is -2.30. The first kappa shape index (κ1) is 18.7. The van der Waals surface area contributed by atoms with Gasteiger partial charge in [0.1, 0.15) is 0 Å². The number of esters is 1. The normalized spacial score (nSPS) is 10.8. The molecule has 0 saturated carbocycles. The molecule has 0 fully saturated rings. The van der Waals surface area contributed by atoms with E-state index >= 15 is 0 Å². The molecule has 0 atom stereocenters. The van der Waals surface area contributed by atoms with Gasteiger partial charge in [-0.3, -0.25) is 4.79 Å². The fourth-order valence-corrected chi connectivity index (χ4v) is 3.49. The standard InChI is InChI=1S/C25H21NO3/c1-26(16-18-9-3-2-4-10-18)23(27)17-29-25(28)24-21-13-7-5-11-19(21)15-20-12-6-8-14-22(20)24/h2-15H,16-17H2,1H3. The summed E-state index contributed by atoms with van der Waals surface area (Å²) < 4.78 is 5.43. The Morgan fingerprint density at radius 3 is 1.97 bits per heavy atom. The fraction of sp³-hybridized carbons (Fsp3) is 0.120. The summed E-state index contributed by atoms with van der Waals surface area (Å²) in [6.45, 7) is 0.175. The summed E-state index contributed by atoms with van der Waals surface area (Å²) >= 11 is 0. The molecule has 0 unspecified atom stereocenters. The van der Waals surface area contributed by atoms with E-state index in [2.05, 4.69) is 6.07 Å². The van der Waals surface area contributed by atoms with Gasteiger partial charge in [-0.1, -0.05) is 78.9 Å². The lowest BCUT2D eigenvalue weighted by Gasteiger charge is -2.17. The van der Waals surface area contributed by atoms with Crippen molar-refractivity contribution >= 4 is 33.4 Å². The zero-order valence-electron chi connectivity index (χ0n) is 16.2. The Morgan fingerprint density at radius 2 is 1.34 bits per heavy atom. The van der Waals surface area contributed by atoms with Crippen molar-refractivity contribution in [3.05, 3.63) is 96.1 Å². The molecule has 0 aromatic heterocycles. The summed E-state index contributed by atoms with van der Waals surface area (Å²) in [5.74, 6) is -0.730. The molecule has 0 aliphatic rings. The van der Waals surface area contributed by atoms with Crippen molar-refractivity contribution in [1.82, 2.24) is 4.90 Å². The number of amides is 1. The third kappa shape index (κ3) is 3.97. The van der Waals surface area contributed by atoms with E-state index in [0.717, 1.165) is 27.1 Å². The minimum Gasteiger partial charge on any atom is -0.452 e. The van der Waals surface area contributed by atoms with Gasteiger partial charge in [-0.15, -0.1) is 0 Å². The smallest absolute Gasteiger partial charge is 0.339 e. The van der Waals surface area contributed by atoms with E-state index in [1.807, 2.05) is 78.9 Å². The third-order valence-corrected chi connectivity index (χ3v) is 4.99. The quantitative estimate of drug-likeness (QED) is 0.367. The van der Waals surface area contributed by atoms with Crippen molar-refractivity contribution in [2.75, 3.05) is 13.7 Å². The summed E-state index contributed by atoms with van der Waals surface area (Å²) in [7, 11) is 1.70. The topological polar surface area (TPSA) is 46.6 Å². The van der Waals surface area contributed by atoms with Crippen molar-refractivity contribution in [1.29, 1.82) is 0 Å². The van der Waals surface area contributed by atoms with Gasteiger partial charge in [0.15, 0.2) is 6.61 Å². The van der Waals surface area contributed by atoms with E-state index in [9.17, 15) is 9.59 Å². The van der Waals surface area contributed by atoms with Crippen LogP contribution in [0.1, 0.15) is 15.9 Å². The predicted octanol–water partition coefficient (Wildman–Crippen LogP) is 4.81. The van der Waals surface area contributed by atoms with Crippen LogP contribution in [0.2, 0.25) is 0 Å². The van der Waals surface area contributed by atoms with Gasteiger partial charge < -0.3 is 9.64 Å². The second-order valence-electron chi connectivity index (χ2n) is 7.01. The van der Waals surface area contributed by atoms with E-state index < -0.39 is 5.97 Å². The van der Waals surface area contributed by atoms with Gasteiger partial charge in [0.25, 0.3) is 5.91 Å². The molecule has 1 amide bonds. The Morgan fingerprint density at radius 1 is 0.793 bits per heavy atom. The van der Waals surface area contributed by atoms with Crippen molar-refractivity contribution in [2.45, 2.75) is 6.54 Å². The van der Waals surface area contributed by atoms with E-state index in [4.69, 9.17) is 4.74 Å². The fourth-order valence-electron chi connectivity index (χ4n) is 3.49. The molecule has 0 bridgehead atoms. The van der Waals surface area contributed by atoms with Crippen molar-refractivity contribution in [3.63, 3.8) is 0 Å². The Bertz CT molecular complexity index is 1130. The molecule has 0 radical (unpaired) electrons. The lowest BCUT2D eigenvalue weighted by atomic mass is 9.97. The van der Waals surface area contributed by atoms with Crippen LogP contribution >= 0.6 is 0 Å². The maximum Gasteiger partial charge on any atom is 0.339 e. The first-order chi connectivity index (χ1) is 14.1. The summed E-state index contributed by atoms with van der Waals surface area (Å²) in [5, 5.41) is 3.57. The largest absolute Gasteiger partial charge is 0.452 e. The lowest BCUT2D eigenvalue weighted by molar-refractivity contribution is -0.133. The Labute approximate surface area is 169 Å². The highest BCUT2D eigenvalue weighted by molar-refractivity contribution is 6.16. The second kappa shape index (κ2) is 8.15. The maximum atomic E-state index is 13.0. The highest BCUT2D eigenvalue weighted by Crippen LogP contribution is 2.29. The number of carbonyl (C=O) groups excluding carboxylic acids is 2. The number of carbonyl (C=O) groups is 2. The van der Waals surface area contributed by atoms with Crippen LogP contribution in [0.3, 0.4) is 0 Å². The summed E-state index contributed by atoms with van der Waals surface area (Å²) in [6, 6.07) is 27.2. The summed E-state index contributed by atoms with van der Waals surface area (Å²) in [5.41, 5.74) is 1.52. The molecule has 4 nitrogen and oxygen atoms in total. The van der Waals surface area contributed by atoms with Gasteiger partial charge in [-0.25, -0.2) is 4.79 Å². The first-order valence-corrected chi connectivity index (χ1v) is 9.49. The van der Waals surface area contributed by atoms with Crippen LogP contribution in [0.15, 0.2) is 84.9 Å². The molecule has 0 spiro atoms. The number of benzene rings is 4. The van der Waals surface area contributed by atoms with Gasteiger partial charge in [0.2, 0.25) is 0 Å². The third-order valence-electron chi connectivity index (χ3n) is 4.99. The molecule has 29 heavy (non-hydrogen) atoms. The Balaban J connectivity index is 1.55. The average Bonchev–Trinajstić information content (AvgIpc) is 2.76. The highest BCUT2D eigenvalue weighted by Gasteiger charge is 2.18. The predicted molar refractivity (Wildman–Crippen MR) is 115 cm³/mol. The van der Waals surface area contributed by atoms with E-state index in [0.29, 0.717) is 12.1 Å². The molecule has 4 aromatic rings. The number of likely N-dealkylation sites (N-methyl/N-ethyl adjacent to an activating group) is 1. The zero-order valence-corrected chi connectivity index (χ0v) is 16.2. The molecule has 4 aromatic carbocycles. The number of ether oxygens (including phenoxy) is 1. The second-order valence-corrected chi connectivity index (χ2v) is 7.01. The minimum absolute atomic E-state index is 0.244. The molecular weight excluding hydrogens is 362 g/mol. The molecule has 4 rings (SSSR count). The van der Waals surface area contributed by atoms with E-state index in [1.165, 1.54) is 0 Å². The minimum atomic E-state index is -0.487. The van der Waals surface area contributed by atoms with Gasteiger partial charge in [-0.2, -0.15) is 0 Å². The zero-order chi connectivity index (χ0) is 20.2. The van der Waals surface area contributed by atoms with Gasteiger partial charge in [-0.05, 0) is 33.2 Å². The van der Waals surface area contributed by atoms with Crippen LogP contribution in [0.25, 0.3) is 21.5 Å². The van der Waals surface area contributed by atoms with Crippen LogP contribution < -0.4 is 0 Å². The van der Waals surface area contributed by atoms with Crippen molar-refractivity contribution in [2.24, 2.45) is 0 Å². The molecule has 0 aliphatic heterocycles. The summed E-state index contributed by atoms with van der Waals surface area (Å²) in [6.07, 6.45) is 0. The molecule has 4 heteroatoms. The van der Waals surface area contributed by atoms with Crippen LogP contribution in [0, 0.1) is 0 Å². The summed E-state index contributed by atoms with van der Waals surface area (Å²) in [4.78, 5) is 27.0. The van der Waals surface area contributed by atoms with Crippen molar-refractivity contribution in [3.8, 4) is 0 Å². The van der Waals surface area contributed by atoms with Gasteiger partial charge in [0, 0.05) is 13.6 Å². The SMILES string of the molecule is CN(Cc1ccccc1)C(=O)COC(=O)c1c2ccccc2cc2ccccc12. The van der Waals surface area contributed by atoms with Gasteiger partial charge in [0.05, 0.1) is 5.56 Å². The Kier molecular flexibility index (Phi) is 5.25. The highest BCUT2D eigenvalue weighted by atomic mass is 16.5. The molecule has 144 valence electrons. The van der Waals surface area contributed by atoms with E-state index in [-0.39, 0.29) is 12.5 Å². The van der Waals surface area contributed by atoms with Gasteiger partial charge >= 0.3 is 5.97 Å². The molecule has 0 saturated heterocycles. The van der Waals surface area contributed by atoms with E-state index in [1.54, 1.807) is 11.9 Å². The van der Waals surface area contributed by atoms with Crippen molar-refractivity contribution < 1.29 is 14.3 Å².